The normalized spacial score (nSPS) is 12.0. The van der Waals surface area contributed by atoms with E-state index in [2.05, 4.69) is 15.3 Å². The van der Waals surface area contributed by atoms with Gasteiger partial charge in [-0.1, -0.05) is 36.4 Å². The molecule has 0 saturated carbocycles. The van der Waals surface area contributed by atoms with Gasteiger partial charge in [0.05, 0.1) is 17.0 Å². The zero-order chi connectivity index (χ0) is 16.7. The third kappa shape index (κ3) is 2.34. The maximum absolute atomic E-state index is 13.0. The Labute approximate surface area is 138 Å². The molecule has 0 unspecified atom stereocenters. The van der Waals surface area contributed by atoms with E-state index in [4.69, 9.17) is 0 Å². The fourth-order valence-electron chi connectivity index (χ4n) is 2.92. The Morgan fingerprint density at radius 3 is 2.46 bits per heavy atom. The highest BCUT2D eigenvalue weighted by molar-refractivity contribution is 6.21. The van der Waals surface area contributed by atoms with E-state index in [1.54, 1.807) is 12.1 Å². The molecule has 0 radical (unpaired) electrons. The summed E-state index contributed by atoms with van der Waals surface area (Å²) in [5.74, 6) is 0.168. The van der Waals surface area contributed by atoms with Crippen LogP contribution in [0.15, 0.2) is 48.5 Å². The smallest absolute Gasteiger partial charge is 0.223 e. The van der Waals surface area contributed by atoms with E-state index < -0.39 is 0 Å². The molecule has 0 saturated heterocycles. The molecule has 1 N–H and O–H groups in total. The average molecular weight is 319 g/mol. The third-order valence-electron chi connectivity index (χ3n) is 4.11. The lowest BCUT2D eigenvalue weighted by molar-refractivity contribution is 0.104. The predicted octanol–water partition coefficient (Wildman–Crippen LogP) is 3.75. The lowest BCUT2D eigenvalue weighted by Gasteiger charge is -2.09. The Hall–Kier alpha value is -3.08. The van der Waals surface area contributed by atoms with E-state index in [9.17, 15) is 9.18 Å². The Kier molecular flexibility index (Phi) is 3.34. The molecule has 1 aliphatic rings. The van der Waals surface area contributed by atoms with Gasteiger partial charge in [0.15, 0.2) is 5.78 Å². The van der Waals surface area contributed by atoms with Crippen LogP contribution in [0.3, 0.4) is 0 Å². The number of rotatable bonds is 3. The summed E-state index contributed by atoms with van der Waals surface area (Å²) in [6, 6.07) is 13.7. The van der Waals surface area contributed by atoms with Gasteiger partial charge >= 0.3 is 0 Å². The highest BCUT2D eigenvalue weighted by Crippen LogP contribution is 2.36. The van der Waals surface area contributed by atoms with Crippen LogP contribution in [0.1, 0.15) is 27.2 Å². The summed E-state index contributed by atoms with van der Waals surface area (Å²) >= 11 is 0. The van der Waals surface area contributed by atoms with Gasteiger partial charge in [-0.3, -0.25) is 4.79 Å². The number of ketones is 1. The van der Waals surface area contributed by atoms with Gasteiger partial charge in [0, 0.05) is 17.7 Å². The van der Waals surface area contributed by atoms with Crippen LogP contribution >= 0.6 is 0 Å². The molecule has 1 heterocycles. The molecule has 0 fully saturated rings. The minimum Gasteiger partial charge on any atom is -0.350 e. The number of aromatic nitrogens is 2. The van der Waals surface area contributed by atoms with Crippen LogP contribution in [0.4, 0.5) is 10.3 Å². The maximum Gasteiger partial charge on any atom is 0.223 e. The number of carbonyl (C=O) groups excluding carboxylic acids is 1. The van der Waals surface area contributed by atoms with E-state index >= 15 is 0 Å². The molecule has 0 spiro atoms. The standard InChI is InChI=1S/C19H14FN3O/c1-11-16-17(14-4-2-3-5-15(14)18(16)24)23-19(22-11)21-10-12-6-8-13(20)9-7-12/h2-9H,10H2,1H3,(H,21,22,23). The van der Waals surface area contributed by atoms with E-state index in [1.807, 2.05) is 31.2 Å². The molecule has 1 aromatic heterocycles. The van der Waals surface area contributed by atoms with Crippen molar-refractivity contribution in [2.24, 2.45) is 0 Å². The molecule has 1 aliphatic carbocycles. The first-order valence-corrected chi connectivity index (χ1v) is 7.64. The molecule has 118 valence electrons. The summed E-state index contributed by atoms with van der Waals surface area (Å²) in [5, 5.41) is 3.14. The number of hydrogen-bond acceptors (Lipinski definition) is 4. The number of halogens is 1. The molecule has 2 aromatic carbocycles. The molecule has 4 rings (SSSR count). The molecular formula is C19H14FN3O. The minimum atomic E-state index is -0.265. The molecule has 0 atom stereocenters. The summed E-state index contributed by atoms with van der Waals surface area (Å²) < 4.78 is 13.0. The molecule has 4 nitrogen and oxygen atoms in total. The number of benzene rings is 2. The molecule has 3 aromatic rings. The fourth-order valence-corrected chi connectivity index (χ4v) is 2.92. The number of carbonyl (C=O) groups is 1. The summed E-state index contributed by atoms with van der Waals surface area (Å²) in [6.07, 6.45) is 0. The highest BCUT2D eigenvalue weighted by atomic mass is 19.1. The molecule has 0 amide bonds. The summed E-state index contributed by atoms with van der Waals surface area (Å²) in [4.78, 5) is 21.4. The summed E-state index contributed by atoms with van der Waals surface area (Å²) in [6.45, 7) is 2.29. The molecule has 5 heteroatoms. The second-order valence-electron chi connectivity index (χ2n) is 5.71. The Morgan fingerprint density at radius 2 is 1.71 bits per heavy atom. The summed E-state index contributed by atoms with van der Waals surface area (Å²) in [5.41, 5.74) is 4.33. The molecular weight excluding hydrogens is 305 g/mol. The van der Waals surface area contributed by atoms with Crippen molar-refractivity contribution in [1.29, 1.82) is 0 Å². The van der Waals surface area contributed by atoms with Crippen LogP contribution in [0, 0.1) is 12.7 Å². The second-order valence-corrected chi connectivity index (χ2v) is 5.71. The number of nitrogens with zero attached hydrogens (tertiary/aromatic N) is 2. The first-order valence-electron chi connectivity index (χ1n) is 7.64. The molecule has 24 heavy (non-hydrogen) atoms. The quantitative estimate of drug-likeness (QED) is 0.625. The van der Waals surface area contributed by atoms with Gasteiger partial charge in [-0.25, -0.2) is 14.4 Å². The predicted molar refractivity (Wildman–Crippen MR) is 89.4 cm³/mol. The summed E-state index contributed by atoms with van der Waals surface area (Å²) in [7, 11) is 0. The average Bonchev–Trinajstić information content (AvgIpc) is 2.88. The van der Waals surface area contributed by atoms with Gasteiger partial charge in [-0.15, -0.1) is 0 Å². The highest BCUT2D eigenvalue weighted by Gasteiger charge is 2.30. The lowest BCUT2D eigenvalue weighted by atomic mass is 10.1. The topological polar surface area (TPSA) is 54.9 Å². The fraction of sp³-hybridized carbons (Fsp3) is 0.105. The van der Waals surface area contributed by atoms with Crippen molar-refractivity contribution in [2.45, 2.75) is 13.5 Å². The van der Waals surface area contributed by atoms with E-state index in [0.717, 1.165) is 11.1 Å². The second kappa shape index (κ2) is 5.53. The third-order valence-corrected chi connectivity index (χ3v) is 4.11. The van der Waals surface area contributed by atoms with E-state index in [1.165, 1.54) is 12.1 Å². The van der Waals surface area contributed by atoms with Gasteiger partial charge in [0.1, 0.15) is 5.82 Å². The van der Waals surface area contributed by atoms with Gasteiger partial charge in [-0.05, 0) is 24.6 Å². The van der Waals surface area contributed by atoms with Gasteiger partial charge < -0.3 is 5.32 Å². The SMILES string of the molecule is Cc1nc(NCc2ccc(F)cc2)nc2c1C(=O)c1ccccc1-2. The van der Waals surface area contributed by atoms with Crippen molar-refractivity contribution in [1.82, 2.24) is 9.97 Å². The first-order chi connectivity index (χ1) is 11.6. The maximum atomic E-state index is 13.0. The number of hydrogen-bond donors (Lipinski definition) is 1. The Balaban J connectivity index is 1.67. The van der Waals surface area contributed by atoms with Gasteiger partial charge in [-0.2, -0.15) is 0 Å². The number of fused-ring (bicyclic) bond motifs is 3. The first kappa shape index (κ1) is 14.5. The lowest BCUT2D eigenvalue weighted by Crippen LogP contribution is -2.08. The Morgan fingerprint density at radius 1 is 1.00 bits per heavy atom. The molecule has 0 bridgehead atoms. The number of nitrogens with one attached hydrogen (secondary N) is 1. The van der Waals surface area contributed by atoms with Crippen LogP contribution in [-0.4, -0.2) is 15.8 Å². The van der Waals surface area contributed by atoms with Crippen molar-refractivity contribution in [3.63, 3.8) is 0 Å². The Bertz CT molecular complexity index is 951. The van der Waals surface area contributed by atoms with Crippen LogP contribution in [0.5, 0.6) is 0 Å². The van der Waals surface area contributed by atoms with Crippen molar-refractivity contribution >= 4 is 11.7 Å². The van der Waals surface area contributed by atoms with Crippen LogP contribution in [-0.2, 0) is 6.54 Å². The van der Waals surface area contributed by atoms with Gasteiger partial charge in [0.25, 0.3) is 0 Å². The van der Waals surface area contributed by atoms with Crippen molar-refractivity contribution in [3.8, 4) is 11.3 Å². The van der Waals surface area contributed by atoms with E-state index in [-0.39, 0.29) is 11.6 Å². The monoisotopic (exact) mass is 319 g/mol. The van der Waals surface area contributed by atoms with Crippen LogP contribution in [0.2, 0.25) is 0 Å². The number of anilines is 1. The zero-order valence-electron chi connectivity index (χ0n) is 13.0. The van der Waals surface area contributed by atoms with Crippen molar-refractivity contribution in [2.75, 3.05) is 5.32 Å². The van der Waals surface area contributed by atoms with Crippen molar-refractivity contribution < 1.29 is 9.18 Å². The largest absolute Gasteiger partial charge is 0.350 e. The van der Waals surface area contributed by atoms with Gasteiger partial charge in [0.2, 0.25) is 5.95 Å². The van der Waals surface area contributed by atoms with Crippen molar-refractivity contribution in [3.05, 3.63) is 76.7 Å². The minimum absolute atomic E-state index is 0.0248. The number of aryl methyl sites for hydroxylation is 1. The van der Waals surface area contributed by atoms with Crippen LogP contribution in [0.25, 0.3) is 11.3 Å². The zero-order valence-corrected chi connectivity index (χ0v) is 13.0. The molecule has 0 aliphatic heterocycles. The van der Waals surface area contributed by atoms with E-state index in [0.29, 0.717) is 35.0 Å². The van der Waals surface area contributed by atoms with Crippen LogP contribution < -0.4 is 5.32 Å².